The number of rotatable bonds is 7. The molecule has 0 heterocycles. The van der Waals surface area contributed by atoms with Crippen molar-refractivity contribution in [2.24, 2.45) is 5.73 Å². The van der Waals surface area contributed by atoms with Crippen LogP contribution in [0.1, 0.15) is 24.1 Å². The molecule has 2 aromatic rings. The Hall–Kier alpha value is -2.55. The highest BCUT2D eigenvalue weighted by atomic mass is 35.5. The van der Waals surface area contributed by atoms with Gasteiger partial charge in [0.25, 0.3) is 0 Å². The number of nitriles is 1. The van der Waals surface area contributed by atoms with Crippen LogP contribution in [0.3, 0.4) is 0 Å². The van der Waals surface area contributed by atoms with Crippen LogP contribution >= 0.6 is 11.6 Å². The van der Waals surface area contributed by atoms with Crippen molar-refractivity contribution in [3.8, 4) is 11.8 Å². The second kappa shape index (κ2) is 8.34. The third-order valence-corrected chi connectivity index (χ3v) is 3.74. The second-order valence-corrected chi connectivity index (χ2v) is 5.74. The number of carbonyl (C=O) groups excluding carboxylic acids is 1. The van der Waals surface area contributed by atoms with Gasteiger partial charge in [-0.05, 0) is 36.8 Å². The van der Waals surface area contributed by atoms with Gasteiger partial charge in [-0.1, -0.05) is 35.9 Å². The fourth-order valence-electron chi connectivity index (χ4n) is 2.22. The number of para-hydroxylation sites is 1. The summed E-state index contributed by atoms with van der Waals surface area (Å²) in [6.45, 7) is 2.27. The summed E-state index contributed by atoms with van der Waals surface area (Å²) in [6, 6.07) is 15.3. The van der Waals surface area contributed by atoms with E-state index in [1.165, 1.54) is 0 Å². The first kappa shape index (κ1) is 17.8. The number of nitrogens with one attached hydrogen (secondary N) is 1. The highest BCUT2D eigenvalue weighted by Gasteiger charge is 2.18. The number of nitrogens with zero attached hydrogens (tertiary/aromatic N) is 1. The molecular weight excluding hydrogens is 326 g/mol. The Balaban J connectivity index is 1.99. The van der Waals surface area contributed by atoms with Crippen LogP contribution in [-0.4, -0.2) is 18.6 Å². The van der Waals surface area contributed by atoms with E-state index in [2.05, 4.69) is 5.32 Å². The van der Waals surface area contributed by atoms with E-state index < -0.39 is 11.9 Å². The van der Waals surface area contributed by atoms with Gasteiger partial charge in [0.05, 0.1) is 16.7 Å². The summed E-state index contributed by atoms with van der Waals surface area (Å²) in [5.41, 5.74) is 6.70. The summed E-state index contributed by atoms with van der Waals surface area (Å²) in [7, 11) is 0. The summed E-state index contributed by atoms with van der Waals surface area (Å²) in [4.78, 5) is 11.7. The quantitative estimate of drug-likeness (QED) is 0.809. The maximum absolute atomic E-state index is 11.7. The molecule has 0 fully saturated rings. The normalized spacial score (nSPS) is 12.9. The molecule has 5 nitrogen and oxygen atoms in total. The molecule has 6 heteroatoms. The van der Waals surface area contributed by atoms with Crippen LogP contribution in [0.4, 0.5) is 0 Å². The first-order valence-corrected chi connectivity index (χ1v) is 7.83. The van der Waals surface area contributed by atoms with E-state index in [1.807, 2.05) is 25.1 Å². The largest absolute Gasteiger partial charge is 0.488 e. The number of amides is 1. The van der Waals surface area contributed by atoms with Crippen molar-refractivity contribution in [1.82, 2.24) is 5.32 Å². The molecule has 0 saturated heterocycles. The predicted molar refractivity (Wildman–Crippen MR) is 92.6 cm³/mol. The van der Waals surface area contributed by atoms with Gasteiger partial charge in [0.1, 0.15) is 17.9 Å². The average molecular weight is 344 g/mol. The van der Waals surface area contributed by atoms with Crippen LogP contribution < -0.4 is 15.8 Å². The number of halogens is 1. The molecule has 24 heavy (non-hydrogen) atoms. The summed E-state index contributed by atoms with van der Waals surface area (Å²) < 4.78 is 5.76. The van der Waals surface area contributed by atoms with Crippen molar-refractivity contribution < 1.29 is 9.53 Å². The molecule has 0 aromatic heterocycles. The van der Waals surface area contributed by atoms with E-state index in [1.54, 1.807) is 36.4 Å². The van der Waals surface area contributed by atoms with Crippen molar-refractivity contribution in [1.29, 1.82) is 5.26 Å². The number of hydrogen-bond donors (Lipinski definition) is 2. The number of carbonyl (C=O) groups is 1. The highest BCUT2D eigenvalue weighted by molar-refractivity contribution is 6.32. The molecule has 2 rings (SSSR count). The lowest BCUT2D eigenvalue weighted by Gasteiger charge is -2.20. The van der Waals surface area contributed by atoms with Gasteiger partial charge in [0, 0.05) is 6.54 Å². The first-order valence-electron chi connectivity index (χ1n) is 7.45. The Labute approximate surface area is 146 Å². The van der Waals surface area contributed by atoms with E-state index >= 15 is 0 Å². The fourth-order valence-corrected chi connectivity index (χ4v) is 2.40. The monoisotopic (exact) mass is 343 g/mol. The third-order valence-electron chi connectivity index (χ3n) is 3.43. The van der Waals surface area contributed by atoms with Gasteiger partial charge in [-0.15, -0.1) is 0 Å². The smallest absolute Gasteiger partial charge is 0.239 e. The van der Waals surface area contributed by atoms with Crippen LogP contribution in [0.25, 0.3) is 0 Å². The first-order chi connectivity index (χ1) is 11.5. The topological polar surface area (TPSA) is 88.1 Å². The molecule has 0 aliphatic heterocycles. The zero-order valence-electron chi connectivity index (χ0n) is 13.2. The van der Waals surface area contributed by atoms with Crippen molar-refractivity contribution in [2.75, 3.05) is 6.54 Å². The number of nitrogens with two attached hydrogens (primary N) is 1. The Morgan fingerprint density at radius 2 is 1.96 bits per heavy atom. The molecule has 0 unspecified atom stereocenters. The Kier molecular flexibility index (Phi) is 6.19. The van der Waals surface area contributed by atoms with Gasteiger partial charge >= 0.3 is 0 Å². The van der Waals surface area contributed by atoms with E-state index in [0.717, 1.165) is 0 Å². The van der Waals surface area contributed by atoms with Gasteiger partial charge in [-0.25, -0.2) is 0 Å². The molecular formula is C18H18ClN3O2. The lowest BCUT2D eigenvalue weighted by molar-refractivity contribution is -0.120. The lowest BCUT2D eigenvalue weighted by atomic mass is 10.0. The summed E-state index contributed by atoms with van der Waals surface area (Å²) in [6.07, 6.45) is -0.217. The predicted octanol–water partition coefficient (Wildman–Crippen LogP) is 2.80. The van der Waals surface area contributed by atoms with Crippen LogP contribution in [0.15, 0.2) is 48.5 Å². The number of ether oxygens (including phenoxy) is 1. The maximum atomic E-state index is 11.7. The van der Waals surface area contributed by atoms with E-state index in [4.69, 9.17) is 27.3 Å². The Morgan fingerprint density at radius 3 is 2.54 bits per heavy atom. The lowest BCUT2D eigenvalue weighted by Crippen LogP contribution is -2.38. The minimum atomic E-state index is -0.657. The molecule has 0 spiro atoms. The van der Waals surface area contributed by atoms with Gasteiger partial charge in [0.15, 0.2) is 0 Å². The standard InChI is InChI=1S/C18H18ClN3O2/c1-12(24-16-5-3-2-4-15(16)19)11-22-17(18(21)23)14-8-6-13(10-20)7-9-14/h2-9,12,17,22H,11H2,1H3,(H2,21,23)/t12-,17-/m0/s1. The molecule has 0 aliphatic rings. The minimum absolute atomic E-state index is 0.217. The van der Waals surface area contributed by atoms with Crippen molar-refractivity contribution >= 4 is 17.5 Å². The molecule has 1 amide bonds. The van der Waals surface area contributed by atoms with Crippen LogP contribution in [0.2, 0.25) is 5.02 Å². The molecule has 0 saturated carbocycles. The van der Waals surface area contributed by atoms with E-state index in [0.29, 0.717) is 28.4 Å². The van der Waals surface area contributed by atoms with Gasteiger partial charge in [-0.2, -0.15) is 5.26 Å². The van der Waals surface area contributed by atoms with Crippen LogP contribution in [0.5, 0.6) is 5.75 Å². The van der Waals surface area contributed by atoms with Gasteiger partial charge in [0.2, 0.25) is 5.91 Å². The highest BCUT2D eigenvalue weighted by Crippen LogP contribution is 2.24. The van der Waals surface area contributed by atoms with Gasteiger partial charge in [-0.3, -0.25) is 10.1 Å². The third kappa shape index (κ3) is 4.72. The molecule has 0 aliphatic carbocycles. The molecule has 124 valence electrons. The molecule has 0 radical (unpaired) electrons. The zero-order chi connectivity index (χ0) is 17.5. The summed E-state index contributed by atoms with van der Waals surface area (Å²) in [5.74, 6) is 0.0899. The average Bonchev–Trinajstić information content (AvgIpc) is 2.57. The molecule has 2 atom stereocenters. The second-order valence-electron chi connectivity index (χ2n) is 5.34. The maximum Gasteiger partial charge on any atom is 0.239 e. The minimum Gasteiger partial charge on any atom is -0.488 e. The van der Waals surface area contributed by atoms with Crippen molar-refractivity contribution in [2.45, 2.75) is 19.1 Å². The van der Waals surface area contributed by atoms with Crippen molar-refractivity contribution in [3.63, 3.8) is 0 Å². The zero-order valence-corrected chi connectivity index (χ0v) is 14.0. The Bertz CT molecular complexity index is 741. The van der Waals surface area contributed by atoms with Crippen molar-refractivity contribution in [3.05, 3.63) is 64.7 Å². The van der Waals surface area contributed by atoms with Crippen LogP contribution in [0, 0.1) is 11.3 Å². The number of hydrogen-bond acceptors (Lipinski definition) is 4. The van der Waals surface area contributed by atoms with Gasteiger partial charge < -0.3 is 10.5 Å². The molecule has 0 bridgehead atoms. The number of primary amides is 1. The van der Waals surface area contributed by atoms with Crippen LogP contribution in [-0.2, 0) is 4.79 Å². The molecule has 3 N–H and O–H groups in total. The number of benzene rings is 2. The summed E-state index contributed by atoms with van der Waals surface area (Å²) >= 11 is 6.06. The SMILES string of the molecule is C[C@@H](CN[C@H](C(N)=O)c1ccc(C#N)cc1)Oc1ccccc1Cl. The van der Waals surface area contributed by atoms with E-state index in [-0.39, 0.29) is 6.10 Å². The Morgan fingerprint density at radius 1 is 1.29 bits per heavy atom. The summed E-state index contributed by atoms with van der Waals surface area (Å²) in [5, 5.41) is 12.4. The fraction of sp³-hybridized carbons (Fsp3) is 0.222. The molecule has 2 aromatic carbocycles. The van der Waals surface area contributed by atoms with E-state index in [9.17, 15) is 4.79 Å².